The Morgan fingerprint density at radius 3 is 2.79 bits per heavy atom. The number of likely N-dealkylation sites (tertiary alicyclic amines) is 1. The van der Waals surface area contributed by atoms with E-state index in [4.69, 9.17) is 0 Å². The van der Waals surface area contributed by atoms with E-state index in [1.807, 2.05) is 0 Å². The molecule has 1 N–H and O–H groups in total. The number of nitrogens with zero attached hydrogens (tertiary/aromatic N) is 2. The SMILES string of the molecule is O=C(c1cccnc1)N1CCC[C@](O)(C(F)(F)F)C1. The maximum absolute atomic E-state index is 12.8. The molecule has 1 aliphatic rings. The number of aromatic nitrogens is 1. The lowest BCUT2D eigenvalue weighted by molar-refractivity contribution is -0.271. The van der Waals surface area contributed by atoms with Gasteiger partial charge < -0.3 is 10.0 Å². The first-order valence-corrected chi connectivity index (χ1v) is 5.82. The van der Waals surface area contributed by atoms with Crippen LogP contribution in [0.4, 0.5) is 13.2 Å². The summed E-state index contributed by atoms with van der Waals surface area (Å²) < 4.78 is 38.3. The van der Waals surface area contributed by atoms with Crippen molar-refractivity contribution in [2.45, 2.75) is 24.6 Å². The van der Waals surface area contributed by atoms with E-state index in [0.29, 0.717) is 0 Å². The lowest BCUT2D eigenvalue weighted by atomic mass is 9.92. The molecule has 1 atom stereocenters. The van der Waals surface area contributed by atoms with Crippen LogP contribution in [0.25, 0.3) is 0 Å². The summed E-state index contributed by atoms with van der Waals surface area (Å²) in [6.07, 6.45) is -2.24. The lowest BCUT2D eigenvalue weighted by Crippen LogP contribution is -2.58. The molecule has 104 valence electrons. The first-order chi connectivity index (χ1) is 8.83. The predicted octanol–water partition coefficient (Wildman–Crippen LogP) is 1.61. The summed E-state index contributed by atoms with van der Waals surface area (Å²) >= 11 is 0. The number of rotatable bonds is 1. The molecule has 0 radical (unpaired) electrons. The van der Waals surface area contributed by atoms with Crippen LogP contribution in [-0.4, -0.2) is 45.8 Å². The van der Waals surface area contributed by atoms with Gasteiger partial charge in [-0.05, 0) is 25.0 Å². The van der Waals surface area contributed by atoms with E-state index in [9.17, 15) is 23.1 Å². The van der Waals surface area contributed by atoms with Crippen molar-refractivity contribution in [3.8, 4) is 0 Å². The summed E-state index contributed by atoms with van der Waals surface area (Å²) in [6.45, 7) is -0.531. The Morgan fingerprint density at radius 2 is 2.21 bits per heavy atom. The Morgan fingerprint density at radius 1 is 1.47 bits per heavy atom. The first-order valence-electron chi connectivity index (χ1n) is 5.82. The number of carbonyl (C=O) groups excluding carboxylic acids is 1. The summed E-state index contributed by atoms with van der Waals surface area (Å²) in [6, 6.07) is 3.02. The van der Waals surface area contributed by atoms with E-state index in [-0.39, 0.29) is 24.9 Å². The number of hydrogen-bond donors (Lipinski definition) is 1. The predicted molar refractivity (Wildman–Crippen MR) is 60.4 cm³/mol. The number of amides is 1. The second-order valence-electron chi connectivity index (χ2n) is 4.60. The molecule has 1 saturated heterocycles. The van der Waals surface area contributed by atoms with Crippen molar-refractivity contribution in [3.05, 3.63) is 30.1 Å². The van der Waals surface area contributed by atoms with Crippen molar-refractivity contribution in [2.75, 3.05) is 13.1 Å². The highest BCUT2D eigenvalue weighted by Crippen LogP contribution is 2.37. The molecule has 0 spiro atoms. The summed E-state index contributed by atoms with van der Waals surface area (Å²) in [5.74, 6) is -0.546. The minimum absolute atomic E-state index is 0.113. The number of piperidine rings is 1. The standard InChI is InChI=1S/C12H13F3N2O2/c13-12(14,15)11(19)4-2-6-17(8-11)10(18)9-3-1-5-16-7-9/h1,3,5,7,19H,2,4,6,8H2/t11-/m1/s1. The van der Waals surface area contributed by atoms with Crippen molar-refractivity contribution in [2.24, 2.45) is 0 Å². The number of alkyl halides is 3. The van der Waals surface area contributed by atoms with Crippen molar-refractivity contribution < 1.29 is 23.1 Å². The summed E-state index contributed by atoms with van der Waals surface area (Å²) in [4.78, 5) is 16.8. The van der Waals surface area contributed by atoms with E-state index in [1.54, 1.807) is 0 Å². The first kappa shape index (κ1) is 13.8. The number of halogens is 3. The Balaban J connectivity index is 2.16. The number of carbonyl (C=O) groups is 1. The second kappa shape index (κ2) is 4.80. The largest absolute Gasteiger partial charge is 0.418 e. The van der Waals surface area contributed by atoms with Gasteiger partial charge in [-0.15, -0.1) is 0 Å². The number of pyridine rings is 1. The maximum atomic E-state index is 12.8. The van der Waals surface area contributed by atoms with Gasteiger partial charge in [-0.1, -0.05) is 0 Å². The van der Waals surface area contributed by atoms with Crippen molar-refractivity contribution >= 4 is 5.91 Å². The zero-order valence-corrected chi connectivity index (χ0v) is 10.0. The van der Waals surface area contributed by atoms with Gasteiger partial charge in [-0.2, -0.15) is 13.2 Å². The topological polar surface area (TPSA) is 53.4 Å². The van der Waals surface area contributed by atoms with E-state index in [1.165, 1.54) is 24.5 Å². The number of aliphatic hydroxyl groups is 1. The van der Waals surface area contributed by atoms with E-state index in [0.717, 1.165) is 4.90 Å². The van der Waals surface area contributed by atoms with E-state index < -0.39 is 24.2 Å². The molecular formula is C12H13F3N2O2. The molecule has 0 bridgehead atoms. The zero-order valence-electron chi connectivity index (χ0n) is 10.0. The van der Waals surface area contributed by atoms with Gasteiger partial charge in [-0.3, -0.25) is 9.78 Å². The second-order valence-corrected chi connectivity index (χ2v) is 4.60. The monoisotopic (exact) mass is 274 g/mol. The molecule has 1 aromatic heterocycles. The molecule has 0 unspecified atom stereocenters. The fourth-order valence-electron chi connectivity index (χ4n) is 2.11. The van der Waals surface area contributed by atoms with Gasteiger partial charge >= 0.3 is 6.18 Å². The smallest absolute Gasteiger partial charge is 0.379 e. The van der Waals surface area contributed by atoms with E-state index in [2.05, 4.69) is 4.98 Å². The third-order valence-electron chi connectivity index (χ3n) is 3.19. The minimum atomic E-state index is -4.74. The van der Waals surface area contributed by atoms with Crippen molar-refractivity contribution in [3.63, 3.8) is 0 Å². The van der Waals surface area contributed by atoms with Gasteiger partial charge in [0.2, 0.25) is 0 Å². The number of β-amino-alcohol motifs (C(OH)–C–C–N with tert-alkyl or cyclic N) is 1. The van der Waals surface area contributed by atoms with Crippen LogP contribution in [0.1, 0.15) is 23.2 Å². The highest BCUT2D eigenvalue weighted by Gasteiger charge is 2.55. The molecular weight excluding hydrogens is 261 g/mol. The average molecular weight is 274 g/mol. The normalized spacial score (nSPS) is 24.3. The molecule has 4 nitrogen and oxygen atoms in total. The molecule has 1 aromatic rings. The van der Waals surface area contributed by atoms with Crippen LogP contribution in [0.2, 0.25) is 0 Å². The summed E-state index contributed by atoms with van der Waals surface area (Å²) in [5.41, 5.74) is -2.60. The summed E-state index contributed by atoms with van der Waals surface area (Å²) in [7, 11) is 0. The third kappa shape index (κ3) is 2.70. The fourth-order valence-corrected chi connectivity index (χ4v) is 2.11. The van der Waals surface area contributed by atoms with Gasteiger partial charge in [0.1, 0.15) is 0 Å². The third-order valence-corrected chi connectivity index (χ3v) is 3.19. The highest BCUT2D eigenvalue weighted by molar-refractivity contribution is 5.94. The van der Waals surface area contributed by atoms with Gasteiger partial charge in [0.15, 0.2) is 5.60 Å². The Kier molecular flexibility index (Phi) is 3.49. The Labute approximate surface area is 107 Å². The van der Waals surface area contributed by atoms with Crippen molar-refractivity contribution in [1.82, 2.24) is 9.88 Å². The van der Waals surface area contributed by atoms with Crippen LogP contribution >= 0.6 is 0 Å². The molecule has 1 aliphatic heterocycles. The van der Waals surface area contributed by atoms with Crippen LogP contribution in [0.5, 0.6) is 0 Å². The molecule has 7 heteroatoms. The number of hydrogen-bond acceptors (Lipinski definition) is 3. The van der Waals surface area contributed by atoms with Gasteiger partial charge in [0.05, 0.1) is 12.1 Å². The Hall–Kier alpha value is -1.63. The van der Waals surface area contributed by atoms with Crippen LogP contribution < -0.4 is 0 Å². The molecule has 0 aromatic carbocycles. The quantitative estimate of drug-likeness (QED) is 0.846. The van der Waals surface area contributed by atoms with Gasteiger partial charge in [-0.25, -0.2) is 0 Å². The molecule has 1 fully saturated rings. The van der Waals surface area contributed by atoms with Crippen molar-refractivity contribution in [1.29, 1.82) is 0 Å². The lowest BCUT2D eigenvalue weighted by Gasteiger charge is -2.40. The van der Waals surface area contributed by atoms with Crippen LogP contribution in [0, 0.1) is 0 Å². The van der Waals surface area contributed by atoms with Crippen LogP contribution in [0.3, 0.4) is 0 Å². The molecule has 2 rings (SSSR count). The maximum Gasteiger partial charge on any atom is 0.418 e. The van der Waals surface area contributed by atoms with Crippen LogP contribution in [0.15, 0.2) is 24.5 Å². The molecule has 2 heterocycles. The fraction of sp³-hybridized carbons (Fsp3) is 0.500. The van der Waals surface area contributed by atoms with Crippen LogP contribution in [-0.2, 0) is 0 Å². The molecule has 19 heavy (non-hydrogen) atoms. The zero-order chi connectivity index (χ0) is 14.1. The molecule has 0 saturated carbocycles. The van der Waals surface area contributed by atoms with Gasteiger partial charge in [0, 0.05) is 18.9 Å². The minimum Gasteiger partial charge on any atom is -0.379 e. The van der Waals surface area contributed by atoms with Gasteiger partial charge in [0.25, 0.3) is 5.91 Å². The summed E-state index contributed by atoms with van der Waals surface area (Å²) in [5, 5.41) is 9.64. The molecule has 1 amide bonds. The highest BCUT2D eigenvalue weighted by atomic mass is 19.4. The average Bonchev–Trinajstić information content (AvgIpc) is 2.38. The van der Waals surface area contributed by atoms with E-state index >= 15 is 0 Å². The Bertz CT molecular complexity index is 464. The molecule has 0 aliphatic carbocycles.